The Labute approximate surface area is 121 Å². The Morgan fingerprint density at radius 3 is 2.75 bits per heavy atom. The molecule has 0 spiro atoms. The summed E-state index contributed by atoms with van der Waals surface area (Å²) in [5, 5.41) is 8.27. The summed E-state index contributed by atoms with van der Waals surface area (Å²) in [6.45, 7) is 2.46. The SMILES string of the molecule is COc1ccc(S(N)(=O)=O)cc1NCc1scnc1C. The smallest absolute Gasteiger partial charge is 0.238 e. The fourth-order valence-corrected chi connectivity index (χ4v) is 2.93. The van der Waals surface area contributed by atoms with Gasteiger partial charge in [0.2, 0.25) is 10.0 Å². The highest BCUT2D eigenvalue weighted by molar-refractivity contribution is 7.89. The minimum atomic E-state index is -3.74. The number of aryl methyl sites for hydroxylation is 1. The topological polar surface area (TPSA) is 94.3 Å². The van der Waals surface area contributed by atoms with Gasteiger partial charge in [0, 0.05) is 4.88 Å². The third-order valence-electron chi connectivity index (χ3n) is 2.78. The number of hydrogen-bond acceptors (Lipinski definition) is 6. The van der Waals surface area contributed by atoms with Crippen molar-refractivity contribution in [2.75, 3.05) is 12.4 Å². The van der Waals surface area contributed by atoms with Gasteiger partial charge in [0.1, 0.15) is 5.75 Å². The molecular formula is C12H15N3O3S2. The zero-order valence-electron chi connectivity index (χ0n) is 11.1. The molecule has 0 aliphatic rings. The van der Waals surface area contributed by atoms with Crippen LogP contribution in [0.1, 0.15) is 10.6 Å². The molecule has 2 rings (SSSR count). The van der Waals surface area contributed by atoms with Crippen LogP contribution in [0.4, 0.5) is 5.69 Å². The van der Waals surface area contributed by atoms with Crippen molar-refractivity contribution in [3.05, 3.63) is 34.3 Å². The second-order valence-corrected chi connectivity index (χ2v) is 6.62. The van der Waals surface area contributed by atoms with Crippen molar-refractivity contribution in [3.63, 3.8) is 0 Å². The van der Waals surface area contributed by atoms with Gasteiger partial charge in [0.25, 0.3) is 0 Å². The van der Waals surface area contributed by atoms with E-state index in [1.165, 1.54) is 30.6 Å². The number of rotatable bonds is 5. The molecule has 0 amide bonds. The third-order valence-corrected chi connectivity index (χ3v) is 4.63. The minimum Gasteiger partial charge on any atom is -0.495 e. The van der Waals surface area contributed by atoms with E-state index in [-0.39, 0.29) is 4.90 Å². The number of sulfonamides is 1. The van der Waals surface area contributed by atoms with Crippen molar-refractivity contribution < 1.29 is 13.2 Å². The van der Waals surface area contributed by atoms with Crippen LogP contribution in [0.15, 0.2) is 28.6 Å². The minimum absolute atomic E-state index is 0.0434. The van der Waals surface area contributed by atoms with Crippen molar-refractivity contribution in [2.45, 2.75) is 18.4 Å². The summed E-state index contributed by atoms with van der Waals surface area (Å²) in [5.41, 5.74) is 3.29. The highest BCUT2D eigenvalue weighted by atomic mass is 32.2. The summed E-state index contributed by atoms with van der Waals surface area (Å²) in [4.78, 5) is 5.28. The Morgan fingerprint density at radius 2 is 2.20 bits per heavy atom. The van der Waals surface area contributed by atoms with Crippen molar-refractivity contribution in [1.29, 1.82) is 0 Å². The zero-order chi connectivity index (χ0) is 14.8. The quantitative estimate of drug-likeness (QED) is 0.876. The molecule has 0 aliphatic carbocycles. The molecule has 6 nitrogen and oxygen atoms in total. The summed E-state index contributed by atoms with van der Waals surface area (Å²) in [5.74, 6) is 0.555. The number of nitrogens with zero attached hydrogens (tertiary/aromatic N) is 1. The number of aromatic nitrogens is 1. The zero-order valence-corrected chi connectivity index (χ0v) is 12.7. The van der Waals surface area contributed by atoms with E-state index < -0.39 is 10.0 Å². The Balaban J connectivity index is 2.27. The van der Waals surface area contributed by atoms with Crippen LogP contribution in [-0.2, 0) is 16.6 Å². The average molecular weight is 313 g/mol. The molecule has 3 N–H and O–H groups in total. The number of anilines is 1. The molecule has 0 saturated heterocycles. The van der Waals surface area contributed by atoms with E-state index in [4.69, 9.17) is 9.88 Å². The molecule has 1 aromatic heterocycles. The lowest BCUT2D eigenvalue weighted by Gasteiger charge is -2.12. The monoisotopic (exact) mass is 313 g/mol. The van der Waals surface area contributed by atoms with Crippen LogP contribution in [0, 0.1) is 6.92 Å². The van der Waals surface area contributed by atoms with Crippen LogP contribution in [0.5, 0.6) is 5.75 Å². The van der Waals surface area contributed by atoms with E-state index in [1.54, 1.807) is 11.6 Å². The summed E-state index contributed by atoms with van der Waals surface area (Å²) >= 11 is 1.53. The highest BCUT2D eigenvalue weighted by Gasteiger charge is 2.12. The second kappa shape index (κ2) is 5.78. The number of primary sulfonamides is 1. The van der Waals surface area contributed by atoms with Crippen LogP contribution in [0.2, 0.25) is 0 Å². The van der Waals surface area contributed by atoms with Crippen LogP contribution >= 0.6 is 11.3 Å². The molecule has 0 bridgehead atoms. The Bertz CT molecular complexity index is 710. The van der Waals surface area contributed by atoms with Gasteiger partial charge in [-0.2, -0.15) is 0 Å². The van der Waals surface area contributed by atoms with Gasteiger partial charge in [-0.1, -0.05) is 0 Å². The van der Waals surface area contributed by atoms with Gasteiger partial charge in [-0.3, -0.25) is 0 Å². The van der Waals surface area contributed by atoms with Crippen LogP contribution in [0.3, 0.4) is 0 Å². The van der Waals surface area contributed by atoms with Gasteiger partial charge in [-0.05, 0) is 25.1 Å². The first-order valence-corrected chi connectivity index (χ1v) is 8.18. The second-order valence-electron chi connectivity index (χ2n) is 4.12. The van der Waals surface area contributed by atoms with E-state index in [9.17, 15) is 8.42 Å². The van der Waals surface area contributed by atoms with Crippen LogP contribution in [0.25, 0.3) is 0 Å². The van der Waals surface area contributed by atoms with E-state index in [0.717, 1.165) is 10.6 Å². The summed E-state index contributed by atoms with van der Waals surface area (Å²) in [6, 6.07) is 4.45. The van der Waals surface area contributed by atoms with Gasteiger partial charge in [0.15, 0.2) is 0 Å². The molecular weight excluding hydrogens is 298 g/mol. The standard InChI is InChI=1S/C12H15N3O3S2/c1-8-12(19-7-15-8)6-14-10-5-9(20(13,16)17)3-4-11(10)18-2/h3-5,7,14H,6H2,1-2H3,(H2,13,16,17). The van der Waals surface area contributed by atoms with E-state index in [2.05, 4.69) is 10.3 Å². The van der Waals surface area contributed by atoms with E-state index in [1.807, 2.05) is 6.92 Å². The van der Waals surface area contributed by atoms with Crippen LogP contribution in [-0.4, -0.2) is 20.5 Å². The van der Waals surface area contributed by atoms with E-state index in [0.29, 0.717) is 18.0 Å². The van der Waals surface area contributed by atoms with E-state index >= 15 is 0 Å². The Morgan fingerprint density at radius 1 is 1.45 bits per heavy atom. The van der Waals surface area contributed by atoms with Crippen molar-refractivity contribution in [3.8, 4) is 5.75 Å². The molecule has 8 heteroatoms. The normalized spacial score (nSPS) is 11.3. The van der Waals surface area contributed by atoms with Gasteiger partial charge in [-0.25, -0.2) is 18.5 Å². The largest absolute Gasteiger partial charge is 0.495 e. The van der Waals surface area contributed by atoms with Crippen molar-refractivity contribution in [1.82, 2.24) is 4.98 Å². The molecule has 0 saturated carbocycles. The lowest BCUT2D eigenvalue weighted by atomic mass is 10.3. The summed E-state index contributed by atoms with van der Waals surface area (Å²) in [7, 11) is -2.21. The Kier molecular flexibility index (Phi) is 4.26. The number of methoxy groups -OCH3 is 1. The molecule has 0 fully saturated rings. The first-order chi connectivity index (χ1) is 9.41. The fourth-order valence-electron chi connectivity index (χ4n) is 1.67. The van der Waals surface area contributed by atoms with Gasteiger partial charge in [-0.15, -0.1) is 11.3 Å². The molecule has 108 valence electrons. The third kappa shape index (κ3) is 3.27. The average Bonchev–Trinajstić information content (AvgIpc) is 2.80. The predicted octanol–water partition coefficient (Wildman–Crippen LogP) is 1.72. The maximum Gasteiger partial charge on any atom is 0.238 e. The summed E-state index contributed by atoms with van der Waals surface area (Å²) in [6.07, 6.45) is 0. The van der Waals surface area contributed by atoms with Gasteiger partial charge < -0.3 is 10.1 Å². The first kappa shape index (κ1) is 14.8. The molecule has 1 heterocycles. The molecule has 0 radical (unpaired) electrons. The number of hydrogen-bond donors (Lipinski definition) is 2. The Hall–Kier alpha value is -1.64. The van der Waals surface area contributed by atoms with Crippen molar-refractivity contribution in [2.24, 2.45) is 5.14 Å². The lowest BCUT2D eigenvalue weighted by Crippen LogP contribution is -2.12. The molecule has 20 heavy (non-hydrogen) atoms. The van der Waals surface area contributed by atoms with Gasteiger partial charge in [0.05, 0.1) is 35.4 Å². The first-order valence-electron chi connectivity index (χ1n) is 5.75. The lowest BCUT2D eigenvalue weighted by molar-refractivity contribution is 0.416. The molecule has 0 atom stereocenters. The molecule has 2 aromatic rings. The molecule has 0 aliphatic heterocycles. The number of benzene rings is 1. The summed E-state index contributed by atoms with van der Waals surface area (Å²) < 4.78 is 27.9. The molecule has 0 unspecified atom stereocenters. The number of thiazole rings is 1. The highest BCUT2D eigenvalue weighted by Crippen LogP contribution is 2.28. The number of nitrogens with one attached hydrogen (secondary N) is 1. The van der Waals surface area contributed by atoms with Crippen molar-refractivity contribution >= 4 is 27.0 Å². The van der Waals surface area contributed by atoms with Gasteiger partial charge >= 0.3 is 0 Å². The number of nitrogens with two attached hydrogens (primary N) is 1. The fraction of sp³-hybridized carbons (Fsp3) is 0.250. The molecule has 1 aromatic carbocycles. The maximum absolute atomic E-state index is 11.4. The number of ether oxygens (including phenoxy) is 1. The van der Waals surface area contributed by atoms with Crippen LogP contribution < -0.4 is 15.2 Å². The predicted molar refractivity (Wildman–Crippen MR) is 78.5 cm³/mol. The maximum atomic E-state index is 11.4.